The summed E-state index contributed by atoms with van der Waals surface area (Å²) in [5.41, 5.74) is 0.445. The summed E-state index contributed by atoms with van der Waals surface area (Å²) < 4.78 is 34.1. The van der Waals surface area contributed by atoms with E-state index in [-0.39, 0.29) is 24.2 Å². The molecule has 0 bridgehead atoms. The topological polar surface area (TPSA) is 89.5 Å². The Morgan fingerprint density at radius 2 is 2.14 bits per heavy atom. The average molecular weight is 354 g/mol. The van der Waals surface area contributed by atoms with Crippen LogP contribution < -0.4 is 0 Å². The van der Waals surface area contributed by atoms with E-state index < -0.39 is 10.0 Å². The lowest BCUT2D eigenvalue weighted by Gasteiger charge is -2.29. The summed E-state index contributed by atoms with van der Waals surface area (Å²) in [6.45, 7) is 2.33. The van der Waals surface area contributed by atoms with Crippen LogP contribution in [0.3, 0.4) is 0 Å². The Hall–Kier alpha value is -0.770. The molecule has 0 atom stereocenters. The van der Waals surface area contributed by atoms with Gasteiger partial charge in [0.1, 0.15) is 16.6 Å². The average Bonchev–Trinajstić information content (AvgIpc) is 2.90. The van der Waals surface area contributed by atoms with Crippen molar-refractivity contribution in [3.63, 3.8) is 0 Å². The molecule has 118 valence electrons. The van der Waals surface area contributed by atoms with Crippen LogP contribution in [0.25, 0.3) is 0 Å². The van der Waals surface area contributed by atoms with Gasteiger partial charge in [0.15, 0.2) is 0 Å². The Morgan fingerprint density at radius 3 is 2.67 bits per heavy atom. The molecule has 1 aliphatic heterocycles. The molecule has 0 N–H and O–H groups in total. The highest BCUT2D eigenvalue weighted by Gasteiger charge is 2.31. The van der Waals surface area contributed by atoms with Crippen LogP contribution in [0.15, 0.2) is 0 Å². The van der Waals surface area contributed by atoms with E-state index >= 15 is 0 Å². The van der Waals surface area contributed by atoms with Crippen LogP contribution in [0.1, 0.15) is 25.5 Å². The minimum Gasteiger partial charge on any atom is -0.459 e. The van der Waals surface area contributed by atoms with Gasteiger partial charge >= 0.3 is 5.97 Å². The minimum atomic E-state index is -3.18. The first-order valence-electron chi connectivity index (χ1n) is 6.55. The molecule has 10 heteroatoms. The summed E-state index contributed by atoms with van der Waals surface area (Å²) >= 11 is 6.86. The van der Waals surface area contributed by atoms with Gasteiger partial charge in [0, 0.05) is 24.6 Å². The van der Waals surface area contributed by atoms with E-state index in [9.17, 15) is 13.2 Å². The molecule has 2 rings (SSSR count). The lowest BCUT2D eigenvalue weighted by atomic mass is 9.98. The van der Waals surface area contributed by atoms with Gasteiger partial charge in [-0.1, -0.05) is 16.1 Å². The normalized spacial score (nSPS) is 17.8. The van der Waals surface area contributed by atoms with Crippen molar-refractivity contribution in [2.45, 2.75) is 26.4 Å². The highest BCUT2D eigenvalue weighted by molar-refractivity contribution is 7.89. The highest BCUT2D eigenvalue weighted by atomic mass is 35.5. The Labute approximate surface area is 132 Å². The fourth-order valence-electron chi connectivity index (χ4n) is 2.09. The van der Waals surface area contributed by atoms with Crippen LogP contribution in [-0.2, 0) is 26.2 Å². The second-order valence-electron chi connectivity index (χ2n) is 4.67. The summed E-state index contributed by atoms with van der Waals surface area (Å²) in [7, 11) is -3.18. The summed E-state index contributed by atoms with van der Waals surface area (Å²) in [5.74, 6) is -0.538. The van der Waals surface area contributed by atoms with Crippen LogP contribution in [0.4, 0.5) is 0 Å². The molecule has 0 aromatic carbocycles. The molecule has 2 heterocycles. The van der Waals surface area contributed by atoms with Crippen molar-refractivity contribution in [1.29, 1.82) is 0 Å². The minimum absolute atomic E-state index is 0.00163. The number of piperidine rings is 1. The maximum atomic E-state index is 12.0. The van der Waals surface area contributed by atoms with E-state index in [1.165, 1.54) is 4.31 Å². The molecule has 21 heavy (non-hydrogen) atoms. The molecule has 0 amide bonds. The monoisotopic (exact) mass is 353 g/mol. The molecule has 1 aliphatic rings. The van der Waals surface area contributed by atoms with Crippen molar-refractivity contribution < 1.29 is 17.9 Å². The lowest BCUT2D eigenvalue weighted by Crippen LogP contribution is -2.41. The quantitative estimate of drug-likeness (QED) is 0.741. The number of ether oxygens (including phenoxy) is 1. The number of hydrogen-bond donors (Lipinski definition) is 0. The third kappa shape index (κ3) is 4.12. The van der Waals surface area contributed by atoms with Crippen molar-refractivity contribution in [3.8, 4) is 0 Å². The van der Waals surface area contributed by atoms with E-state index in [2.05, 4.69) is 9.59 Å². The molecule has 0 radical (unpaired) electrons. The van der Waals surface area contributed by atoms with E-state index in [0.29, 0.717) is 36.0 Å². The second kappa shape index (κ2) is 6.99. The van der Waals surface area contributed by atoms with Gasteiger partial charge < -0.3 is 4.74 Å². The molecule has 1 aromatic rings. The molecule has 0 unspecified atom stereocenters. The Kier molecular flexibility index (Phi) is 5.53. The zero-order chi connectivity index (χ0) is 15.5. The van der Waals surface area contributed by atoms with E-state index in [0.717, 1.165) is 11.5 Å². The van der Waals surface area contributed by atoms with E-state index in [1.807, 2.05) is 0 Å². The number of nitrogens with zero attached hydrogens (tertiary/aromatic N) is 3. The van der Waals surface area contributed by atoms with Crippen molar-refractivity contribution in [3.05, 3.63) is 10.0 Å². The smallest absolute Gasteiger partial charge is 0.309 e. The molecule has 0 aliphatic carbocycles. The lowest BCUT2D eigenvalue weighted by molar-refractivity contribution is -0.151. The standard InChI is InChI=1S/C11H16ClN3O4S2/c1-2-21(17,18)15-5-3-8(4-6-15)11(16)19-7-9-10(12)20-14-13-9/h8H,2-7H2,1H3. The molecule has 0 saturated carbocycles. The van der Waals surface area contributed by atoms with Gasteiger partial charge in [-0.3, -0.25) is 4.79 Å². The second-order valence-corrected chi connectivity index (χ2v) is 8.29. The van der Waals surface area contributed by atoms with Crippen LogP contribution in [0, 0.1) is 5.92 Å². The summed E-state index contributed by atoms with van der Waals surface area (Å²) in [5, 5.41) is 3.76. The van der Waals surface area contributed by atoms with Crippen molar-refractivity contribution in [2.24, 2.45) is 5.92 Å². The van der Waals surface area contributed by atoms with E-state index in [4.69, 9.17) is 16.3 Å². The number of halogens is 1. The molecule has 7 nitrogen and oxygen atoms in total. The van der Waals surface area contributed by atoms with Gasteiger partial charge in [0.05, 0.1) is 11.7 Å². The first-order chi connectivity index (χ1) is 9.94. The van der Waals surface area contributed by atoms with Crippen LogP contribution in [0.5, 0.6) is 0 Å². The first-order valence-corrected chi connectivity index (χ1v) is 9.31. The van der Waals surface area contributed by atoms with Gasteiger partial charge in [-0.05, 0) is 19.8 Å². The molecule has 1 aromatic heterocycles. The number of carbonyl (C=O) groups excluding carboxylic acids is 1. The maximum Gasteiger partial charge on any atom is 0.309 e. The summed E-state index contributed by atoms with van der Waals surface area (Å²) in [4.78, 5) is 12.0. The summed E-state index contributed by atoms with van der Waals surface area (Å²) in [6, 6.07) is 0. The van der Waals surface area contributed by atoms with Crippen molar-refractivity contribution in [1.82, 2.24) is 13.9 Å². The Balaban J connectivity index is 1.82. The predicted molar refractivity (Wildman–Crippen MR) is 78.5 cm³/mol. The number of aromatic nitrogens is 2. The predicted octanol–water partition coefficient (Wildman–Crippen LogP) is 1.30. The molecular formula is C11H16ClN3O4S2. The van der Waals surface area contributed by atoms with E-state index in [1.54, 1.807) is 6.92 Å². The maximum absolute atomic E-state index is 12.0. The summed E-state index contributed by atoms with van der Waals surface area (Å²) in [6.07, 6.45) is 0.947. The number of rotatable bonds is 5. The molecule has 0 spiro atoms. The fraction of sp³-hybridized carbons (Fsp3) is 0.727. The number of carbonyl (C=O) groups is 1. The third-order valence-electron chi connectivity index (χ3n) is 3.41. The van der Waals surface area contributed by atoms with Gasteiger partial charge in [0.2, 0.25) is 10.0 Å². The van der Waals surface area contributed by atoms with Crippen molar-refractivity contribution in [2.75, 3.05) is 18.8 Å². The number of sulfonamides is 1. The first kappa shape index (κ1) is 16.6. The van der Waals surface area contributed by atoms with Crippen LogP contribution >= 0.6 is 23.1 Å². The Bertz CT molecular complexity index is 596. The number of esters is 1. The van der Waals surface area contributed by atoms with Crippen molar-refractivity contribution >= 4 is 39.1 Å². The molecule has 1 saturated heterocycles. The van der Waals surface area contributed by atoms with Gasteiger partial charge in [-0.25, -0.2) is 12.7 Å². The zero-order valence-electron chi connectivity index (χ0n) is 11.5. The number of hydrogen-bond acceptors (Lipinski definition) is 7. The SMILES string of the molecule is CCS(=O)(=O)N1CCC(C(=O)OCc2nnsc2Cl)CC1. The van der Waals surface area contributed by atoms with Crippen LogP contribution in [-0.4, -0.2) is 47.1 Å². The van der Waals surface area contributed by atoms with Gasteiger partial charge in [0.25, 0.3) is 0 Å². The van der Waals surface area contributed by atoms with Crippen LogP contribution in [0.2, 0.25) is 4.34 Å². The molecular weight excluding hydrogens is 338 g/mol. The van der Waals surface area contributed by atoms with Gasteiger partial charge in [-0.2, -0.15) is 0 Å². The Morgan fingerprint density at radius 1 is 1.48 bits per heavy atom. The highest BCUT2D eigenvalue weighted by Crippen LogP contribution is 2.23. The fourth-order valence-corrected chi connectivity index (χ4v) is 3.83. The zero-order valence-corrected chi connectivity index (χ0v) is 13.9. The third-order valence-corrected chi connectivity index (χ3v) is 6.27. The van der Waals surface area contributed by atoms with Gasteiger partial charge in [-0.15, -0.1) is 5.10 Å². The molecule has 1 fully saturated rings. The largest absolute Gasteiger partial charge is 0.459 e.